The number of anilines is 1. The molecular weight excluding hydrogens is 197 g/mol. The molecule has 1 aromatic rings. The molecule has 3 nitrogen and oxygen atoms in total. The van der Waals surface area contributed by atoms with Gasteiger partial charge in [0.15, 0.2) is 0 Å². The third-order valence-corrected chi connectivity index (χ3v) is 2.28. The van der Waals surface area contributed by atoms with Gasteiger partial charge in [-0.3, -0.25) is 4.79 Å². The van der Waals surface area contributed by atoms with E-state index in [0.29, 0.717) is 5.69 Å². The first kappa shape index (κ1) is 11.5. The molecule has 0 heterocycles. The van der Waals surface area contributed by atoms with Crippen LogP contribution in [-0.2, 0) is 9.53 Å². The van der Waals surface area contributed by atoms with E-state index in [1.165, 1.54) is 19.2 Å². The maximum atomic E-state index is 12.8. The van der Waals surface area contributed by atoms with Gasteiger partial charge in [-0.25, -0.2) is 4.39 Å². The van der Waals surface area contributed by atoms with Crippen LogP contribution in [-0.4, -0.2) is 13.1 Å². The fourth-order valence-corrected chi connectivity index (χ4v) is 1.44. The van der Waals surface area contributed by atoms with E-state index in [0.717, 1.165) is 5.56 Å². The van der Waals surface area contributed by atoms with Crippen molar-refractivity contribution in [3.8, 4) is 0 Å². The summed E-state index contributed by atoms with van der Waals surface area (Å²) in [5, 5.41) is 0. The molecule has 0 fully saturated rings. The second kappa shape index (κ2) is 4.77. The topological polar surface area (TPSA) is 52.3 Å². The van der Waals surface area contributed by atoms with Gasteiger partial charge in [0, 0.05) is 5.69 Å². The minimum atomic E-state index is -0.374. The largest absolute Gasteiger partial charge is 0.469 e. The molecule has 0 spiro atoms. The molecule has 0 aliphatic carbocycles. The number of halogens is 1. The highest BCUT2D eigenvalue weighted by molar-refractivity contribution is 5.70. The Bertz CT molecular complexity index is 366. The number of hydrogen-bond acceptors (Lipinski definition) is 3. The first-order valence-corrected chi connectivity index (χ1v) is 4.66. The third-order valence-electron chi connectivity index (χ3n) is 2.28. The monoisotopic (exact) mass is 211 g/mol. The Kier molecular flexibility index (Phi) is 3.66. The zero-order valence-electron chi connectivity index (χ0n) is 8.79. The molecule has 1 unspecified atom stereocenters. The first-order valence-electron chi connectivity index (χ1n) is 4.66. The zero-order chi connectivity index (χ0) is 11.4. The van der Waals surface area contributed by atoms with Crippen LogP contribution in [0, 0.1) is 5.82 Å². The van der Waals surface area contributed by atoms with E-state index in [4.69, 9.17) is 5.73 Å². The molecule has 4 heteroatoms. The summed E-state index contributed by atoms with van der Waals surface area (Å²) in [7, 11) is 1.34. The molecule has 2 N–H and O–H groups in total. The van der Waals surface area contributed by atoms with Crippen molar-refractivity contribution in [3.63, 3.8) is 0 Å². The average molecular weight is 211 g/mol. The number of benzene rings is 1. The van der Waals surface area contributed by atoms with E-state index in [-0.39, 0.29) is 24.1 Å². The van der Waals surface area contributed by atoms with Crippen LogP contribution in [0.15, 0.2) is 18.2 Å². The van der Waals surface area contributed by atoms with E-state index in [1.54, 1.807) is 6.07 Å². The molecule has 0 saturated carbocycles. The predicted molar refractivity (Wildman–Crippen MR) is 55.9 cm³/mol. The van der Waals surface area contributed by atoms with Gasteiger partial charge in [-0.1, -0.05) is 13.0 Å². The summed E-state index contributed by atoms with van der Waals surface area (Å²) in [5.74, 6) is -0.745. The average Bonchev–Trinajstić information content (AvgIpc) is 2.17. The van der Waals surface area contributed by atoms with Crippen LogP contribution >= 0.6 is 0 Å². The predicted octanol–water partition coefficient (Wildman–Crippen LogP) is 2.07. The maximum absolute atomic E-state index is 12.8. The molecule has 0 bridgehead atoms. The van der Waals surface area contributed by atoms with Gasteiger partial charge in [-0.2, -0.15) is 0 Å². The molecule has 1 rings (SSSR count). The van der Waals surface area contributed by atoms with Gasteiger partial charge in [0.05, 0.1) is 13.5 Å². The first-order chi connectivity index (χ1) is 7.04. The van der Waals surface area contributed by atoms with Crippen LogP contribution < -0.4 is 5.73 Å². The number of rotatable bonds is 3. The van der Waals surface area contributed by atoms with Crippen molar-refractivity contribution in [2.75, 3.05) is 12.8 Å². The molecule has 0 aliphatic heterocycles. The van der Waals surface area contributed by atoms with E-state index in [9.17, 15) is 9.18 Å². The Hall–Kier alpha value is -1.58. The quantitative estimate of drug-likeness (QED) is 0.615. The Morgan fingerprint density at radius 3 is 2.80 bits per heavy atom. The third kappa shape index (κ3) is 2.94. The molecule has 0 saturated heterocycles. The molecule has 1 aromatic carbocycles. The van der Waals surface area contributed by atoms with Crippen molar-refractivity contribution >= 4 is 11.7 Å². The minimum absolute atomic E-state index is 0.0713. The number of carbonyl (C=O) groups excluding carboxylic acids is 1. The van der Waals surface area contributed by atoms with Crippen LogP contribution in [0.4, 0.5) is 10.1 Å². The molecule has 15 heavy (non-hydrogen) atoms. The van der Waals surface area contributed by atoms with Crippen molar-refractivity contribution in [2.45, 2.75) is 19.3 Å². The second-order valence-electron chi connectivity index (χ2n) is 3.45. The number of ether oxygens (including phenoxy) is 1. The summed E-state index contributed by atoms with van der Waals surface area (Å²) in [6, 6.07) is 4.18. The maximum Gasteiger partial charge on any atom is 0.306 e. The van der Waals surface area contributed by atoms with E-state index < -0.39 is 0 Å². The molecule has 82 valence electrons. The molecule has 0 amide bonds. The van der Waals surface area contributed by atoms with Crippen molar-refractivity contribution in [1.29, 1.82) is 0 Å². The smallest absolute Gasteiger partial charge is 0.306 e. The van der Waals surface area contributed by atoms with Crippen molar-refractivity contribution in [3.05, 3.63) is 29.6 Å². The molecule has 0 radical (unpaired) electrons. The Balaban J connectivity index is 2.82. The van der Waals surface area contributed by atoms with Gasteiger partial charge in [0.25, 0.3) is 0 Å². The van der Waals surface area contributed by atoms with E-state index in [2.05, 4.69) is 4.74 Å². The number of nitrogens with two attached hydrogens (primary N) is 1. The fourth-order valence-electron chi connectivity index (χ4n) is 1.44. The number of esters is 1. The Morgan fingerprint density at radius 1 is 1.60 bits per heavy atom. The van der Waals surface area contributed by atoms with Gasteiger partial charge in [0.2, 0.25) is 0 Å². The molecule has 0 aliphatic rings. The van der Waals surface area contributed by atoms with Crippen molar-refractivity contribution < 1.29 is 13.9 Å². The summed E-state index contributed by atoms with van der Waals surface area (Å²) in [6.07, 6.45) is 0.242. The summed E-state index contributed by atoms with van der Waals surface area (Å²) in [6.45, 7) is 1.85. The van der Waals surface area contributed by atoms with Gasteiger partial charge < -0.3 is 10.5 Å². The number of nitrogen functional groups attached to an aromatic ring is 1. The Labute approximate surface area is 88.0 Å². The lowest BCUT2D eigenvalue weighted by Gasteiger charge is -2.12. The zero-order valence-corrected chi connectivity index (χ0v) is 8.79. The number of carbonyl (C=O) groups is 1. The lowest BCUT2D eigenvalue weighted by atomic mass is 9.96. The highest BCUT2D eigenvalue weighted by Gasteiger charge is 2.14. The van der Waals surface area contributed by atoms with Crippen LogP contribution in [0.25, 0.3) is 0 Å². The van der Waals surface area contributed by atoms with Crippen molar-refractivity contribution in [2.24, 2.45) is 0 Å². The highest BCUT2D eigenvalue weighted by atomic mass is 19.1. The summed E-state index contributed by atoms with van der Waals surface area (Å²) >= 11 is 0. The van der Waals surface area contributed by atoms with Gasteiger partial charge in [-0.05, 0) is 23.6 Å². The van der Waals surface area contributed by atoms with E-state index in [1.807, 2.05) is 6.92 Å². The molecule has 0 aromatic heterocycles. The normalized spacial score (nSPS) is 12.2. The van der Waals surface area contributed by atoms with Crippen LogP contribution in [0.3, 0.4) is 0 Å². The summed E-state index contributed by atoms with van der Waals surface area (Å²) in [4.78, 5) is 11.0. The lowest BCUT2D eigenvalue weighted by Crippen LogP contribution is -2.08. The molecule has 1 atom stereocenters. The van der Waals surface area contributed by atoms with E-state index >= 15 is 0 Å². The highest BCUT2D eigenvalue weighted by Crippen LogP contribution is 2.25. The number of methoxy groups -OCH3 is 1. The lowest BCUT2D eigenvalue weighted by molar-refractivity contribution is -0.140. The van der Waals surface area contributed by atoms with Crippen molar-refractivity contribution in [1.82, 2.24) is 0 Å². The minimum Gasteiger partial charge on any atom is -0.469 e. The summed E-state index contributed by atoms with van der Waals surface area (Å²) in [5.41, 5.74) is 6.78. The Morgan fingerprint density at radius 2 is 2.27 bits per heavy atom. The second-order valence-corrected chi connectivity index (χ2v) is 3.45. The van der Waals surface area contributed by atoms with Gasteiger partial charge >= 0.3 is 5.97 Å². The fraction of sp³-hybridized carbons (Fsp3) is 0.364. The van der Waals surface area contributed by atoms with Crippen LogP contribution in [0.1, 0.15) is 24.8 Å². The standard InChI is InChI=1S/C11H14FNO2/c1-7(5-11(14)15-2)9-4-3-8(12)6-10(9)13/h3-4,6-7H,5,13H2,1-2H3. The van der Waals surface area contributed by atoms with Gasteiger partial charge in [-0.15, -0.1) is 0 Å². The SMILES string of the molecule is COC(=O)CC(C)c1ccc(F)cc1N. The van der Waals surface area contributed by atoms with Crippen LogP contribution in [0.2, 0.25) is 0 Å². The summed E-state index contributed by atoms with van der Waals surface area (Å²) < 4.78 is 17.3. The molecular formula is C11H14FNO2. The van der Waals surface area contributed by atoms with Gasteiger partial charge in [0.1, 0.15) is 5.82 Å². The number of hydrogen-bond donors (Lipinski definition) is 1. The van der Waals surface area contributed by atoms with Crippen LogP contribution in [0.5, 0.6) is 0 Å².